The van der Waals surface area contributed by atoms with Crippen LogP contribution >= 0.6 is 23.2 Å². The van der Waals surface area contributed by atoms with E-state index in [0.717, 1.165) is 36.8 Å². The first kappa shape index (κ1) is 14.9. The van der Waals surface area contributed by atoms with E-state index in [9.17, 15) is 5.11 Å². The minimum Gasteiger partial charge on any atom is -0.385 e. The second-order valence-corrected chi connectivity index (χ2v) is 6.57. The summed E-state index contributed by atoms with van der Waals surface area (Å²) in [7, 11) is 0. The summed E-state index contributed by atoms with van der Waals surface area (Å²) in [6.07, 6.45) is 4.42. The van der Waals surface area contributed by atoms with Crippen LogP contribution in [0.15, 0.2) is 42.5 Å². The molecular weight excluding hydrogens is 303 g/mol. The predicted octanol–water partition coefficient (Wildman–Crippen LogP) is 5.15. The van der Waals surface area contributed by atoms with Crippen LogP contribution in [0.2, 0.25) is 10.0 Å². The van der Waals surface area contributed by atoms with Crippen molar-refractivity contribution < 1.29 is 5.11 Å². The van der Waals surface area contributed by atoms with Crippen molar-refractivity contribution >= 4 is 23.2 Å². The molecule has 3 heteroatoms. The number of aliphatic hydroxyl groups is 1. The van der Waals surface area contributed by atoms with Gasteiger partial charge in [-0.2, -0.15) is 0 Å². The summed E-state index contributed by atoms with van der Waals surface area (Å²) < 4.78 is 0. The topological polar surface area (TPSA) is 20.2 Å². The van der Waals surface area contributed by atoms with E-state index in [4.69, 9.17) is 23.2 Å². The highest BCUT2D eigenvalue weighted by Gasteiger charge is 2.33. The van der Waals surface area contributed by atoms with Gasteiger partial charge >= 0.3 is 0 Å². The van der Waals surface area contributed by atoms with Crippen LogP contribution in [0.3, 0.4) is 0 Å². The fraction of sp³-hybridized carbons (Fsp3) is 0.333. The largest absolute Gasteiger partial charge is 0.385 e. The lowest BCUT2D eigenvalue weighted by atomic mass is 9.83. The molecule has 1 aliphatic carbocycles. The van der Waals surface area contributed by atoms with Gasteiger partial charge in [-0.05, 0) is 48.4 Å². The van der Waals surface area contributed by atoms with Crippen LogP contribution in [0.5, 0.6) is 0 Å². The zero-order valence-electron chi connectivity index (χ0n) is 11.8. The summed E-state index contributed by atoms with van der Waals surface area (Å²) in [6, 6.07) is 13.8. The van der Waals surface area contributed by atoms with Gasteiger partial charge in [0.15, 0.2) is 0 Å². The van der Waals surface area contributed by atoms with Crippen LogP contribution in [0.25, 0.3) is 0 Å². The van der Waals surface area contributed by atoms with Gasteiger partial charge in [-0.3, -0.25) is 0 Å². The second-order valence-electron chi connectivity index (χ2n) is 5.79. The third kappa shape index (κ3) is 2.96. The van der Waals surface area contributed by atoms with Gasteiger partial charge in [0.05, 0.1) is 15.6 Å². The number of rotatable bonds is 2. The van der Waals surface area contributed by atoms with Gasteiger partial charge in [0.1, 0.15) is 0 Å². The van der Waals surface area contributed by atoms with E-state index in [1.807, 2.05) is 30.3 Å². The average Bonchev–Trinajstić information content (AvgIpc) is 2.64. The fourth-order valence-electron chi connectivity index (χ4n) is 3.24. The number of hydrogen-bond acceptors (Lipinski definition) is 1. The number of fused-ring (bicyclic) bond motifs is 1. The highest BCUT2D eigenvalue weighted by atomic mass is 35.5. The summed E-state index contributed by atoms with van der Waals surface area (Å²) in [4.78, 5) is 0. The Morgan fingerprint density at radius 1 is 1.00 bits per heavy atom. The highest BCUT2D eigenvalue weighted by Crippen LogP contribution is 2.39. The Morgan fingerprint density at radius 3 is 2.67 bits per heavy atom. The molecule has 0 radical (unpaired) electrons. The van der Waals surface area contributed by atoms with Crippen LogP contribution < -0.4 is 0 Å². The Bertz CT molecular complexity index is 653. The molecule has 0 aliphatic heterocycles. The van der Waals surface area contributed by atoms with E-state index in [-0.39, 0.29) is 0 Å². The molecule has 3 rings (SSSR count). The summed E-state index contributed by atoms with van der Waals surface area (Å²) >= 11 is 12.4. The van der Waals surface area contributed by atoms with E-state index in [1.165, 1.54) is 5.56 Å². The number of benzene rings is 2. The van der Waals surface area contributed by atoms with Crippen LogP contribution in [-0.2, 0) is 18.4 Å². The molecule has 110 valence electrons. The highest BCUT2D eigenvalue weighted by molar-refractivity contribution is 6.42. The van der Waals surface area contributed by atoms with Gasteiger partial charge in [0.2, 0.25) is 0 Å². The molecule has 1 nitrogen and oxygen atoms in total. The SMILES string of the molecule is OC1(Cc2cccc(Cl)c2Cl)CCCCc2ccccc21. The first-order chi connectivity index (χ1) is 10.1. The van der Waals surface area contributed by atoms with E-state index in [1.54, 1.807) is 6.07 Å². The molecule has 1 aliphatic rings. The molecule has 21 heavy (non-hydrogen) atoms. The molecule has 1 unspecified atom stereocenters. The Hall–Kier alpha value is -1.02. The standard InChI is InChI=1S/C18H18Cl2O/c19-16-10-5-8-14(17(16)20)12-18(21)11-4-3-7-13-6-1-2-9-15(13)18/h1-2,5-6,8-10,21H,3-4,7,11-12H2. The van der Waals surface area contributed by atoms with Crippen LogP contribution in [0, 0.1) is 0 Å². The van der Waals surface area contributed by atoms with Gasteiger partial charge < -0.3 is 5.11 Å². The van der Waals surface area contributed by atoms with Crippen LogP contribution in [-0.4, -0.2) is 5.11 Å². The lowest BCUT2D eigenvalue weighted by Crippen LogP contribution is -2.29. The Morgan fingerprint density at radius 2 is 1.81 bits per heavy atom. The minimum absolute atomic E-state index is 0.503. The molecule has 0 spiro atoms. The quantitative estimate of drug-likeness (QED) is 0.758. The monoisotopic (exact) mass is 320 g/mol. The molecule has 2 aromatic rings. The zero-order valence-corrected chi connectivity index (χ0v) is 13.3. The smallest absolute Gasteiger partial charge is 0.0939 e. The summed E-state index contributed by atoms with van der Waals surface area (Å²) in [5.41, 5.74) is 2.33. The molecule has 0 aromatic heterocycles. The molecule has 0 fully saturated rings. The first-order valence-corrected chi connectivity index (χ1v) is 8.09. The maximum atomic E-state index is 11.3. The Kier molecular flexibility index (Phi) is 4.26. The third-order valence-corrected chi connectivity index (χ3v) is 5.18. The lowest BCUT2D eigenvalue weighted by molar-refractivity contribution is 0.0272. The zero-order chi connectivity index (χ0) is 14.9. The molecule has 1 N–H and O–H groups in total. The van der Waals surface area contributed by atoms with E-state index < -0.39 is 5.60 Å². The van der Waals surface area contributed by atoms with E-state index in [0.29, 0.717) is 16.5 Å². The molecule has 0 saturated carbocycles. The van der Waals surface area contributed by atoms with Gasteiger partial charge in [0, 0.05) is 6.42 Å². The number of halogens is 2. The lowest BCUT2D eigenvalue weighted by Gasteiger charge is -2.29. The van der Waals surface area contributed by atoms with Crippen molar-refractivity contribution in [2.75, 3.05) is 0 Å². The number of hydrogen-bond donors (Lipinski definition) is 1. The average molecular weight is 321 g/mol. The summed E-state index contributed by atoms with van der Waals surface area (Å²) in [5, 5.41) is 12.4. The minimum atomic E-state index is -0.860. The molecule has 0 heterocycles. The van der Waals surface area contributed by atoms with Gasteiger partial charge in [-0.1, -0.05) is 59.6 Å². The third-order valence-electron chi connectivity index (χ3n) is 4.32. The maximum absolute atomic E-state index is 11.3. The van der Waals surface area contributed by atoms with Crippen molar-refractivity contribution in [3.05, 3.63) is 69.2 Å². The summed E-state index contributed by atoms with van der Waals surface area (Å²) in [6.45, 7) is 0. The maximum Gasteiger partial charge on any atom is 0.0939 e. The van der Waals surface area contributed by atoms with Crippen LogP contribution in [0.1, 0.15) is 36.0 Å². The molecule has 0 amide bonds. The number of aryl methyl sites for hydroxylation is 1. The molecule has 0 saturated heterocycles. The van der Waals surface area contributed by atoms with E-state index in [2.05, 4.69) is 6.07 Å². The molecule has 1 atom stereocenters. The van der Waals surface area contributed by atoms with Crippen molar-refractivity contribution in [1.82, 2.24) is 0 Å². The van der Waals surface area contributed by atoms with Crippen molar-refractivity contribution in [3.8, 4) is 0 Å². The van der Waals surface area contributed by atoms with Gasteiger partial charge in [0.25, 0.3) is 0 Å². The van der Waals surface area contributed by atoms with Gasteiger partial charge in [-0.25, -0.2) is 0 Å². The van der Waals surface area contributed by atoms with Crippen molar-refractivity contribution in [1.29, 1.82) is 0 Å². The first-order valence-electron chi connectivity index (χ1n) is 7.34. The van der Waals surface area contributed by atoms with Crippen molar-refractivity contribution in [3.63, 3.8) is 0 Å². The van der Waals surface area contributed by atoms with Crippen LogP contribution in [0.4, 0.5) is 0 Å². The van der Waals surface area contributed by atoms with Crippen molar-refractivity contribution in [2.45, 2.75) is 37.7 Å². The van der Waals surface area contributed by atoms with Crippen molar-refractivity contribution in [2.24, 2.45) is 0 Å². The van der Waals surface area contributed by atoms with E-state index >= 15 is 0 Å². The van der Waals surface area contributed by atoms with Gasteiger partial charge in [-0.15, -0.1) is 0 Å². The normalized spacial score (nSPS) is 21.7. The molecule has 2 aromatic carbocycles. The molecular formula is C18H18Cl2O. The fourth-order valence-corrected chi connectivity index (χ4v) is 3.63. The second kappa shape index (κ2) is 6.00. The molecule has 0 bridgehead atoms. The Labute approximate surface area is 135 Å². The summed E-state index contributed by atoms with van der Waals surface area (Å²) in [5.74, 6) is 0. The predicted molar refractivity (Wildman–Crippen MR) is 88.1 cm³/mol. The Balaban J connectivity index is 2.02.